The molecule has 1 rings (SSSR count). The topological polar surface area (TPSA) is 58.4 Å². The van der Waals surface area contributed by atoms with Gasteiger partial charge in [-0.25, -0.2) is 0 Å². The van der Waals surface area contributed by atoms with Crippen molar-refractivity contribution in [2.75, 3.05) is 20.1 Å². The summed E-state index contributed by atoms with van der Waals surface area (Å²) in [5.41, 5.74) is 5.80. The maximum atomic E-state index is 11.6. The number of rotatable bonds is 6. The Balaban J connectivity index is 2.44. The van der Waals surface area contributed by atoms with E-state index in [2.05, 4.69) is 17.3 Å². The van der Waals surface area contributed by atoms with E-state index in [0.29, 0.717) is 25.6 Å². The largest absolute Gasteiger partial charge is 0.356 e. The van der Waals surface area contributed by atoms with E-state index in [1.54, 1.807) is 0 Å². The molecule has 1 atom stereocenters. The molecule has 4 nitrogen and oxygen atoms in total. The summed E-state index contributed by atoms with van der Waals surface area (Å²) in [5.74, 6) is 0.116. The zero-order valence-corrected chi connectivity index (χ0v) is 11.2. The molecular weight excluding hydrogens is 214 g/mol. The minimum atomic E-state index is 0.116. The third-order valence-electron chi connectivity index (χ3n) is 3.79. The number of carbonyl (C=O) groups is 1. The molecule has 4 heteroatoms. The average Bonchev–Trinajstić information content (AvgIpc) is 2.36. The van der Waals surface area contributed by atoms with Crippen LogP contribution in [0.4, 0.5) is 0 Å². The van der Waals surface area contributed by atoms with E-state index >= 15 is 0 Å². The van der Waals surface area contributed by atoms with Crippen molar-refractivity contribution in [2.45, 2.75) is 57.5 Å². The summed E-state index contributed by atoms with van der Waals surface area (Å²) < 4.78 is 0. The van der Waals surface area contributed by atoms with Crippen molar-refractivity contribution in [3.8, 4) is 0 Å². The highest BCUT2D eigenvalue weighted by Crippen LogP contribution is 2.23. The molecule has 0 spiro atoms. The zero-order valence-electron chi connectivity index (χ0n) is 11.2. The molecule has 17 heavy (non-hydrogen) atoms. The van der Waals surface area contributed by atoms with Crippen LogP contribution in [0.15, 0.2) is 0 Å². The van der Waals surface area contributed by atoms with Gasteiger partial charge in [-0.1, -0.05) is 19.3 Å². The molecule has 0 aliphatic heterocycles. The highest BCUT2D eigenvalue weighted by atomic mass is 16.1. The first-order chi connectivity index (χ1) is 8.19. The van der Waals surface area contributed by atoms with Crippen LogP contribution in [-0.4, -0.2) is 43.0 Å². The van der Waals surface area contributed by atoms with Gasteiger partial charge in [0.25, 0.3) is 0 Å². The maximum absolute atomic E-state index is 11.6. The molecule has 0 aromatic carbocycles. The van der Waals surface area contributed by atoms with Crippen LogP contribution in [0.1, 0.15) is 45.4 Å². The Morgan fingerprint density at radius 2 is 2.06 bits per heavy atom. The Kier molecular flexibility index (Phi) is 6.52. The van der Waals surface area contributed by atoms with Gasteiger partial charge in [-0.05, 0) is 26.8 Å². The molecule has 0 aromatic heterocycles. The summed E-state index contributed by atoms with van der Waals surface area (Å²) in [5, 5.41) is 2.85. The second-order valence-corrected chi connectivity index (χ2v) is 5.00. The Hall–Kier alpha value is -0.610. The van der Waals surface area contributed by atoms with Crippen molar-refractivity contribution in [2.24, 2.45) is 5.73 Å². The van der Waals surface area contributed by atoms with Gasteiger partial charge >= 0.3 is 0 Å². The fourth-order valence-electron chi connectivity index (χ4n) is 2.66. The minimum absolute atomic E-state index is 0.116. The van der Waals surface area contributed by atoms with Gasteiger partial charge in [0.1, 0.15) is 0 Å². The van der Waals surface area contributed by atoms with E-state index in [0.717, 1.165) is 0 Å². The molecular formula is C13H27N3O. The lowest BCUT2D eigenvalue weighted by Gasteiger charge is -2.36. The number of likely N-dealkylation sites (N-methyl/N-ethyl adjacent to an activating group) is 1. The predicted molar refractivity (Wildman–Crippen MR) is 70.8 cm³/mol. The van der Waals surface area contributed by atoms with Crippen molar-refractivity contribution in [1.29, 1.82) is 0 Å². The Morgan fingerprint density at radius 3 is 2.59 bits per heavy atom. The molecule has 0 bridgehead atoms. The summed E-state index contributed by atoms with van der Waals surface area (Å²) in [6.07, 6.45) is 7.01. The second kappa shape index (κ2) is 7.67. The fraction of sp³-hybridized carbons (Fsp3) is 0.923. The third kappa shape index (κ3) is 4.64. The van der Waals surface area contributed by atoms with Crippen LogP contribution >= 0.6 is 0 Å². The Labute approximate surface area is 105 Å². The van der Waals surface area contributed by atoms with E-state index in [-0.39, 0.29) is 11.9 Å². The van der Waals surface area contributed by atoms with E-state index in [9.17, 15) is 4.79 Å². The van der Waals surface area contributed by atoms with Crippen molar-refractivity contribution >= 4 is 5.91 Å². The zero-order chi connectivity index (χ0) is 12.7. The molecule has 1 unspecified atom stereocenters. The molecule has 0 aromatic rings. The highest BCUT2D eigenvalue weighted by Gasteiger charge is 2.25. The van der Waals surface area contributed by atoms with Gasteiger partial charge in [-0.2, -0.15) is 0 Å². The first-order valence-corrected chi connectivity index (χ1v) is 6.87. The van der Waals surface area contributed by atoms with Crippen molar-refractivity contribution in [3.05, 3.63) is 0 Å². The standard InChI is InChI=1S/C13H27N3O/c1-3-15-13(17)9-12(10-14)16(2)11-7-5-4-6-8-11/h11-12H,3-10,14H2,1-2H3,(H,15,17). The van der Waals surface area contributed by atoms with Gasteiger partial charge in [0.05, 0.1) is 0 Å². The molecule has 1 aliphatic rings. The summed E-state index contributed by atoms with van der Waals surface area (Å²) in [4.78, 5) is 13.9. The van der Waals surface area contributed by atoms with Crippen molar-refractivity contribution in [1.82, 2.24) is 10.2 Å². The van der Waals surface area contributed by atoms with Gasteiger partial charge in [-0.15, -0.1) is 0 Å². The number of amides is 1. The SMILES string of the molecule is CCNC(=O)CC(CN)N(C)C1CCCCC1. The van der Waals surface area contributed by atoms with Crippen LogP contribution in [0, 0.1) is 0 Å². The van der Waals surface area contributed by atoms with Gasteiger partial charge < -0.3 is 11.1 Å². The van der Waals surface area contributed by atoms with Gasteiger partial charge in [0.15, 0.2) is 0 Å². The molecule has 0 radical (unpaired) electrons. The van der Waals surface area contributed by atoms with Crippen LogP contribution in [0.5, 0.6) is 0 Å². The van der Waals surface area contributed by atoms with Crippen LogP contribution in [0.3, 0.4) is 0 Å². The second-order valence-electron chi connectivity index (χ2n) is 5.00. The molecule has 100 valence electrons. The summed E-state index contributed by atoms with van der Waals surface area (Å²) in [6.45, 7) is 3.20. The highest BCUT2D eigenvalue weighted by molar-refractivity contribution is 5.76. The monoisotopic (exact) mass is 241 g/mol. The van der Waals surface area contributed by atoms with Crippen molar-refractivity contribution < 1.29 is 4.79 Å². The lowest BCUT2D eigenvalue weighted by atomic mass is 9.93. The molecule has 1 amide bonds. The van der Waals surface area contributed by atoms with E-state index < -0.39 is 0 Å². The Bertz CT molecular complexity index is 227. The maximum Gasteiger partial charge on any atom is 0.221 e. The molecule has 0 saturated heterocycles. The molecule has 3 N–H and O–H groups in total. The number of nitrogens with zero attached hydrogens (tertiary/aromatic N) is 1. The molecule has 1 aliphatic carbocycles. The van der Waals surface area contributed by atoms with Crippen LogP contribution in [-0.2, 0) is 4.79 Å². The molecule has 1 fully saturated rings. The van der Waals surface area contributed by atoms with Crippen molar-refractivity contribution in [3.63, 3.8) is 0 Å². The number of nitrogens with two attached hydrogens (primary N) is 1. The van der Waals surface area contributed by atoms with E-state index in [4.69, 9.17) is 5.73 Å². The molecule has 0 heterocycles. The number of carbonyl (C=O) groups excluding carboxylic acids is 1. The van der Waals surface area contributed by atoms with Gasteiger partial charge in [0, 0.05) is 31.6 Å². The number of hydrogen-bond donors (Lipinski definition) is 2. The lowest BCUT2D eigenvalue weighted by Crippen LogP contribution is -2.47. The van der Waals surface area contributed by atoms with Crippen LogP contribution < -0.4 is 11.1 Å². The Morgan fingerprint density at radius 1 is 1.41 bits per heavy atom. The summed E-state index contributed by atoms with van der Waals surface area (Å²) >= 11 is 0. The smallest absolute Gasteiger partial charge is 0.221 e. The first-order valence-electron chi connectivity index (χ1n) is 6.87. The predicted octanol–water partition coefficient (Wildman–Crippen LogP) is 1.10. The fourth-order valence-corrected chi connectivity index (χ4v) is 2.66. The van der Waals surface area contributed by atoms with Crippen LogP contribution in [0.25, 0.3) is 0 Å². The summed E-state index contributed by atoms with van der Waals surface area (Å²) in [6, 6.07) is 0.802. The van der Waals surface area contributed by atoms with Gasteiger partial charge in [-0.3, -0.25) is 9.69 Å². The lowest BCUT2D eigenvalue weighted by molar-refractivity contribution is -0.122. The third-order valence-corrected chi connectivity index (χ3v) is 3.79. The number of hydrogen-bond acceptors (Lipinski definition) is 3. The first kappa shape index (κ1) is 14.5. The summed E-state index contributed by atoms with van der Waals surface area (Å²) in [7, 11) is 2.12. The van der Waals surface area contributed by atoms with Gasteiger partial charge in [0.2, 0.25) is 5.91 Å². The molecule has 1 saturated carbocycles. The average molecular weight is 241 g/mol. The number of nitrogens with one attached hydrogen (secondary N) is 1. The van der Waals surface area contributed by atoms with Crippen LogP contribution in [0.2, 0.25) is 0 Å². The van der Waals surface area contributed by atoms with E-state index in [1.807, 2.05) is 6.92 Å². The quantitative estimate of drug-likeness (QED) is 0.732. The normalized spacial score (nSPS) is 19.3. The van der Waals surface area contributed by atoms with E-state index in [1.165, 1.54) is 32.1 Å². The minimum Gasteiger partial charge on any atom is -0.356 e.